The zero-order valence-corrected chi connectivity index (χ0v) is 11.5. The second kappa shape index (κ2) is 6.14. The van der Waals surface area contributed by atoms with Gasteiger partial charge in [0.25, 0.3) is 5.91 Å². The van der Waals surface area contributed by atoms with Gasteiger partial charge in [-0.2, -0.15) is 0 Å². The molecule has 0 aliphatic rings. The van der Waals surface area contributed by atoms with Crippen LogP contribution in [0.2, 0.25) is 0 Å². The standard InChI is InChI=1S/C15H17N3O2/c1-11(2)18(10-13-5-3-4-6-17-13)15(20)12-7-14(19)9-16-8-12/h3-9,11,19H,10H2,1-2H3. The summed E-state index contributed by atoms with van der Waals surface area (Å²) < 4.78 is 0. The maximum atomic E-state index is 12.5. The van der Waals surface area contributed by atoms with Crippen LogP contribution in [-0.4, -0.2) is 31.9 Å². The molecule has 0 aliphatic carbocycles. The van der Waals surface area contributed by atoms with Gasteiger partial charge in [-0.05, 0) is 32.0 Å². The van der Waals surface area contributed by atoms with E-state index in [1.165, 1.54) is 18.5 Å². The highest BCUT2D eigenvalue weighted by Crippen LogP contribution is 2.15. The predicted octanol–water partition coefficient (Wildman–Crippen LogP) is 2.23. The van der Waals surface area contributed by atoms with E-state index in [0.29, 0.717) is 12.1 Å². The van der Waals surface area contributed by atoms with Gasteiger partial charge in [0, 0.05) is 18.4 Å². The number of carbonyl (C=O) groups excluding carboxylic acids is 1. The highest BCUT2D eigenvalue weighted by Gasteiger charge is 2.20. The van der Waals surface area contributed by atoms with Crippen molar-refractivity contribution in [2.45, 2.75) is 26.4 Å². The van der Waals surface area contributed by atoms with Crippen molar-refractivity contribution in [1.29, 1.82) is 0 Å². The Morgan fingerprint density at radius 3 is 2.75 bits per heavy atom. The molecule has 0 saturated heterocycles. The molecule has 2 aromatic heterocycles. The van der Waals surface area contributed by atoms with Crippen LogP contribution in [0, 0.1) is 0 Å². The Bertz CT molecular complexity index is 585. The third-order valence-electron chi connectivity index (χ3n) is 2.91. The second-order valence-corrected chi connectivity index (χ2v) is 4.78. The van der Waals surface area contributed by atoms with Crippen molar-refractivity contribution in [1.82, 2.24) is 14.9 Å². The largest absolute Gasteiger partial charge is 0.506 e. The lowest BCUT2D eigenvalue weighted by molar-refractivity contribution is 0.0687. The normalized spacial score (nSPS) is 10.6. The summed E-state index contributed by atoms with van der Waals surface area (Å²) >= 11 is 0. The Hall–Kier alpha value is -2.43. The minimum Gasteiger partial charge on any atom is -0.506 e. The molecule has 0 radical (unpaired) electrons. The average molecular weight is 271 g/mol. The van der Waals surface area contributed by atoms with Gasteiger partial charge in [-0.3, -0.25) is 14.8 Å². The van der Waals surface area contributed by atoms with Gasteiger partial charge in [0.2, 0.25) is 0 Å². The minimum absolute atomic E-state index is 0.0163. The van der Waals surface area contributed by atoms with E-state index < -0.39 is 0 Å². The molecule has 0 bridgehead atoms. The van der Waals surface area contributed by atoms with Gasteiger partial charge >= 0.3 is 0 Å². The van der Waals surface area contributed by atoms with Gasteiger partial charge in [-0.1, -0.05) is 6.07 Å². The van der Waals surface area contributed by atoms with Crippen LogP contribution in [0.1, 0.15) is 29.9 Å². The van der Waals surface area contributed by atoms with Crippen LogP contribution in [0.25, 0.3) is 0 Å². The zero-order valence-electron chi connectivity index (χ0n) is 11.5. The number of carbonyl (C=O) groups is 1. The van der Waals surface area contributed by atoms with Crippen LogP contribution < -0.4 is 0 Å². The first-order chi connectivity index (χ1) is 9.58. The van der Waals surface area contributed by atoms with Gasteiger partial charge < -0.3 is 10.0 Å². The molecule has 0 aliphatic heterocycles. The average Bonchev–Trinajstić information content (AvgIpc) is 2.45. The number of hydrogen-bond donors (Lipinski definition) is 1. The van der Waals surface area contributed by atoms with E-state index in [9.17, 15) is 9.90 Å². The molecule has 20 heavy (non-hydrogen) atoms. The summed E-state index contributed by atoms with van der Waals surface area (Å²) in [6.45, 7) is 4.31. The first-order valence-electron chi connectivity index (χ1n) is 6.43. The van der Waals surface area contributed by atoms with Crippen LogP contribution in [0.5, 0.6) is 5.75 Å². The van der Waals surface area contributed by atoms with E-state index in [-0.39, 0.29) is 17.7 Å². The fraction of sp³-hybridized carbons (Fsp3) is 0.267. The Labute approximate surface area is 117 Å². The first-order valence-corrected chi connectivity index (χ1v) is 6.43. The molecule has 0 fully saturated rings. The van der Waals surface area contributed by atoms with Gasteiger partial charge in [0.1, 0.15) is 5.75 Å². The monoisotopic (exact) mass is 271 g/mol. The van der Waals surface area contributed by atoms with Crippen LogP contribution in [-0.2, 0) is 6.54 Å². The quantitative estimate of drug-likeness (QED) is 0.926. The summed E-state index contributed by atoms with van der Waals surface area (Å²) in [4.78, 5) is 22.3. The molecule has 0 atom stereocenters. The molecule has 1 amide bonds. The van der Waals surface area contributed by atoms with E-state index in [4.69, 9.17) is 0 Å². The SMILES string of the molecule is CC(C)N(Cc1ccccn1)C(=O)c1cncc(O)c1. The van der Waals surface area contributed by atoms with Crippen LogP contribution in [0.3, 0.4) is 0 Å². The zero-order chi connectivity index (χ0) is 14.5. The number of rotatable bonds is 4. The third-order valence-corrected chi connectivity index (χ3v) is 2.91. The summed E-state index contributed by atoms with van der Waals surface area (Å²) in [5.74, 6) is -0.188. The Morgan fingerprint density at radius 1 is 1.35 bits per heavy atom. The van der Waals surface area contributed by atoms with E-state index in [1.54, 1.807) is 11.1 Å². The van der Waals surface area contributed by atoms with Crippen molar-refractivity contribution in [3.05, 3.63) is 54.1 Å². The van der Waals surface area contributed by atoms with Crippen LogP contribution in [0.15, 0.2) is 42.9 Å². The number of hydrogen-bond acceptors (Lipinski definition) is 4. The number of nitrogens with zero attached hydrogens (tertiary/aromatic N) is 3. The topological polar surface area (TPSA) is 66.3 Å². The molecule has 2 rings (SSSR count). The number of amides is 1. The lowest BCUT2D eigenvalue weighted by Crippen LogP contribution is -2.36. The van der Waals surface area contributed by atoms with Crippen molar-refractivity contribution < 1.29 is 9.90 Å². The van der Waals surface area contributed by atoms with Crippen LogP contribution in [0.4, 0.5) is 0 Å². The Morgan fingerprint density at radius 2 is 2.15 bits per heavy atom. The van der Waals surface area contributed by atoms with Gasteiger partial charge in [0.05, 0.1) is 24.0 Å². The first kappa shape index (κ1) is 14.0. The molecular weight excluding hydrogens is 254 g/mol. The molecule has 2 heterocycles. The van der Waals surface area contributed by atoms with Crippen molar-refractivity contribution in [3.63, 3.8) is 0 Å². The summed E-state index contributed by atoms with van der Waals surface area (Å²) in [5, 5.41) is 9.43. The summed E-state index contributed by atoms with van der Waals surface area (Å²) in [6.07, 6.45) is 4.46. The number of pyridine rings is 2. The molecule has 2 aromatic rings. The predicted molar refractivity (Wildman–Crippen MR) is 75.1 cm³/mol. The molecular formula is C15H17N3O2. The van der Waals surface area contributed by atoms with E-state index in [2.05, 4.69) is 9.97 Å². The third kappa shape index (κ3) is 3.32. The molecule has 0 spiro atoms. The minimum atomic E-state index is -0.172. The molecule has 5 heteroatoms. The second-order valence-electron chi connectivity index (χ2n) is 4.78. The van der Waals surface area contributed by atoms with E-state index in [0.717, 1.165) is 5.69 Å². The van der Waals surface area contributed by atoms with Crippen LogP contribution >= 0.6 is 0 Å². The molecule has 5 nitrogen and oxygen atoms in total. The molecule has 1 N–H and O–H groups in total. The van der Waals surface area contributed by atoms with Crippen molar-refractivity contribution in [3.8, 4) is 5.75 Å². The molecule has 0 aromatic carbocycles. The Kier molecular flexibility index (Phi) is 4.30. The maximum Gasteiger partial charge on any atom is 0.256 e. The van der Waals surface area contributed by atoms with E-state index >= 15 is 0 Å². The van der Waals surface area contributed by atoms with E-state index in [1.807, 2.05) is 32.0 Å². The fourth-order valence-electron chi connectivity index (χ4n) is 1.87. The summed E-state index contributed by atoms with van der Waals surface area (Å²) in [7, 11) is 0. The van der Waals surface area contributed by atoms with Crippen molar-refractivity contribution >= 4 is 5.91 Å². The van der Waals surface area contributed by atoms with Crippen molar-refractivity contribution in [2.24, 2.45) is 0 Å². The molecule has 104 valence electrons. The highest BCUT2D eigenvalue weighted by atomic mass is 16.3. The summed E-state index contributed by atoms with van der Waals surface area (Å²) in [6, 6.07) is 7.05. The lowest BCUT2D eigenvalue weighted by atomic mass is 10.2. The molecule has 0 unspecified atom stereocenters. The Balaban J connectivity index is 2.23. The van der Waals surface area contributed by atoms with Gasteiger partial charge in [-0.15, -0.1) is 0 Å². The highest BCUT2D eigenvalue weighted by molar-refractivity contribution is 5.94. The fourth-order valence-corrected chi connectivity index (χ4v) is 1.87. The van der Waals surface area contributed by atoms with Crippen molar-refractivity contribution in [2.75, 3.05) is 0 Å². The van der Waals surface area contributed by atoms with Gasteiger partial charge in [0.15, 0.2) is 0 Å². The smallest absolute Gasteiger partial charge is 0.256 e. The lowest BCUT2D eigenvalue weighted by Gasteiger charge is -2.26. The summed E-state index contributed by atoms with van der Waals surface area (Å²) in [5.41, 5.74) is 1.19. The number of aromatic nitrogens is 2. The molecule has 0 saturated carbocycles. The number of aromatic hydroxyl groups is 1. The van der Waals surface area contributed by atoms with Gasteiger partial charge in [-0.25, -0.2) is 0 Å². The maximum absolute atomic E-state index is 12.5.